The molecule has 1 fully saturated rings. The van der Waals surface area contributed by atoms with E-state index in [4.69, 9.17) is 16.3 Å². The van der Waals surface area contributed by atoms with Gasteiger partial charge in [-0.1, -0.05) is 18.5 Å². The summed E-state index contributed by atoms with van der Waals surface area (Å²) in [7, 11) is -3.49. The first kappa shape index (κ1) is 36.6. The number of halogens is 4. The lowest BCUT2D eigenvalue weighted by molar-refractivity contribution is -0.137. The monoisotopic (exact) mass is 737 g/mol. The van der Waals surface area contributed by atoms with Gasteiger partial charge in [-0.3, -0.25) is 9.59 Å². The molecule has 5 rings (SSSR count). The Kier molecular flexibility index (Phi) is 9.95. The lowest BCUT2D eigenvalue weighted by Gasteiger charge is -2.37. The number of ether oxygens (including phenoxy) is 1. The van der Waals surface area contributed by atoms with Gasteiger partial charge in [0.15, 0.2) is 15.7 Å². The maximum absolute atomic E-state index is 14.1. The van der Waals surface area contributed by atoms with Crippen molar-refractivity contribution in [2.24, 2.45) is 0 Å². The number of hydrogen-bond acceptors (Lipinski definition) is 9. The van der Waals surface area contributed by atoms with Crippen LogP contribution in [0.15, 0.2) is 52.2 Å². The minimum absolute atomic E-state index is 0.00107. The Labute approximate surface area is 290 Å². The summed E-state index contributed by atoms with van der Waals surface area (Å²) < 4.78 is 71.6. The number of anilines is 2. The second-order valence-electron chi connectivity index (χ2n) is 12.7. The number of piperazine rings is 1. The quantitative estimate of drug-likeness (QED) is 0.280. The molecule has 0 atom stereocenters. The van der Waals surface area contributed by atoms with Crippen molar-refractivity contribution >= 4 is 50.6 Å². The van der Waals surface area contributed by atoms with Gasteiger partial charge in [0.05, 0.1) is 26.9 Å². The summed E-state index contributed by atoms with van der Waals surface area (Å²) in [6.45, 7) is 7.66. The Bertz CT molecular complexity index is 2120. The number of nitrogens with one attached hydrogen (secondary N) is 1. The zero-order valence-electron chi connectivity index (χ0n) is 27.8. The highest BCUT2D eigenvalue weighted by Gasteiger charge is 2.32. The van der Waals surface area contributed by atoms with E-state index in [0.29, 0.717) is 17.3 Å². The molecule has 1 aliphatic rings. The van der Waals surface area contributed by atoms with Crippen molar-refractivity contribution in [3.8, 4) is 11.4 Å². The molecule has 0 bridgehead atoms. The number of rotatable bonds is 7. The van der Waals surface area contributed by atoms with Gasteiger partial charge in [0, 0.05) is 38.0 Å². The van der Waals surface area contributed by atoms with Gasteiger partial charge in [-0.25, -0.2) is 13.2 Å². The van der Waals surface area contributed by atoms with Gasteiger partial charge in [0.25, 0.3) is 5.56 Å². The lowest BCUT2D eigenvalue weighted by Crippen LogP contribution is -2.51. The number of carbonyl (C=O) groups is 2. The van der Waals surface area contributed by atoms with E-state index in [1.54, 1.807) is 37.5 Å². The van der Waals surface area contributed by atoms with Crippen LogP contribution in [0, 0.1) is 0 Å². The standard InChI is InChI=1S/C32H35ClF3N7O6S/c1-6-24-26(40-13-15-41(16-14-40)30(46)49-31(2,3)4)28(45)43-29(38-27(39-43)19-7-10-21(11-8-19)50(5,47)48)42(24)18-25(44)37-23-12-9-20(17-22(23)33)32(34,35)36/h7-12,17H,6,13-16,18H2,1-5H3,(H,37,44). The summed E-state index contributed by atoms with van der Waals surface area (Å²) in [5, 5.41) is 6.66. The van der Waals surface area contributed by atoms with Crippen LogP contribution in [0.3, 0.4) is 0 Å². The number of carbonyl (C=O) groups excluding carboxylic acids is 2. The van der Waals surface area contributed by atoms with Gasteiger partial charge in [-0.15, -0.1) is 5.10 Å². The minimum Gasteiger partial charge on any atom is -0.444 e. The predicted octanol–water partition coefficient (Wildman–Crippen LogP) is 4.89. The minimum atomic E-state index is -4.63. The van der Waals surface area contributed by atoms with Crippen LogP contribution in [0.2, 0.25) is 5.02 Å². The van der Waals surface area contributed by atoms with Crippen molar-refractivity contribution in [1.82, 2.24) is 24.1 Å². The van der Waals surface area contributed by atoms with Crippen LogP contribution < -0.4 is 15.8 Å². The summed E-state index contributed by atoms with van der Waals surface area (Å²) in [5.74, 6) is -0.593. The number of benzene rings is 2. The summed E-state index contributed by atoms with van der Waals surface area (Å²) >= 11 is 6.09. The molecule has 2 aromatic carbocycles. The molecule has 1 N–H and O–H groups in total. The molecule has 1 aliphatic heterocycles. The summed E-state index contributed by atoms with van der Waals surface area (Å²) in [4.78, 5) is 48.3. The molecule has 50 heavy (non-hydrogen) atoms. The fraction of sp³-hybridized carbons (Fsp3) is 0.406. The van der Waals surface area contributed by atoms with Crippen molar-refractivity contribution in [3.63, 3.8) is 0 Å². The molecule has 0 radical (unpaired) electrons. The van der Waals surface area contributed by atoms with Gasteiger partial charge in [-0.05, 0) is 69.7 Å². The third-order valence-electron chi connectivity index (χ3n) is 7.82. The third-order valence-corrected chi connectivity index (χ3v) is 9.26. The van der Waals surface area contributed by atoms with E-state index in [2.05, 4.69) is 15.4 Å². The lowest BCUT2D eigenvalue weighted by atomic mass is 10.2. The summed E-state index contributed by atoms with van der Waals surface area (Å²) in [5.41, 5.74) is -1.19. The first-order valence-electron chi connectivity index (χ1n) is 15.5. The predicted molar refractivity (Wildman–Crippen MR) is 180 cm³/mol. The SMILES string of the molecule is CCc1c(N2CCN(C(=O)OC(C)(C)C)CC2)c(=O)n2nc(-c3ccc(S(C)(=O)=O)cc3)nc2n1CC(=O)Nc1ccc(C(F)(F)F)cc1Cl. The maximum atomic E-state index is 14.1. The van der Waals surface area contributed by atoms with Crippen molar-refractivity contribution in [1.29, 1.82) is 0 Å². The van der Waals surface area contributed by atoms with E-state index in [9.17, 15) is 36.0 Å². The second kappa shape index (κ2) is 13.6. The number of nitrogens with zero attached hydrogens (tertiary/aromatic N) is 6. The van der Waals surface area contributed by atoms with Gasteiger partial charge < -0.3 is 24.4 Å². The van der Waals surface area contributed by atoms with E-state index in [-0.39, 0.29) is 65.5 Å². The fourth-order valence-electron chi connectivity index (χ4n) is 5.47. The molecule has 3 heterocycles. The highest BCUT2D eigenvalue weighted by molar-refractivity contribution is 7.90. The Balaban J connectivity index is 1.56. The van der Waals surface area contributed by atoms with Gasteiger partial charge in [-0.2, -0.15) is 22.7 Å². The van der Waals surface area contributed by atoms with Crippen LogP contribution in [0.5, 0.6) is 0 Å². The van der Waals surface area contributed by atoms with E-state index in [0.717, 1.165) is 22.9 Å². The van der Waals surface area contributed by atoms with E-state index in [1.807, 2.05) is 0 Å². The number of amides is 2. The Hall–Kier alpha value is -4.64. The van der Waals surface area contributed by atoms with Crippen molar-refractivity contribution in [2.45, 2.75) is 57.3 Å². The van der Waals surface area contributed by atoms with Crippen LogP contribution in [-0.4, -0.2) is 82.5 Å². The first-order valence-corrected chi connectivity index (χ1v) is 17.8. The molecule has 4 aromatic rings. The maximum Gasteiger partial charge on any atom is 0.416 e. The number of sulfone groups is 1. The van der Waals surface area contributed by atoms with E-state index < -0.39 is 51.3 Å². The third kappa shape index (κ3) is 7.88. The molecule has 0 aliphatic carbocycles. The molecule has 0 unspecified atom stereocenters. The molecule has 2 aromatic heterocycles. The highest BCUT2D eigenvalue weighted by atomic mass is 35.5. The number of hydrogen-bond donors (Lipinski definition) is 1. The van der Waals surface area contributed by atoms with Gasteiger partial charge >= 0.3 is 12.3 Å². The molecule has 268 valence electrons. The topological polar surface area (TPSA) is 148 Å². The molecular formula is C32H35ClF3N7O6S. The van der Waals surface area contributed by atoms with Crippen LogP contribution in [-0.2, 0) is 38.5 Å². The zero-order chi connectivity index (χ0) is 36.8. The van der Waals surface area contributed by atoms with E-state index >= 15 is 0 Å². The fourth-order valence-corrected chi connectivity index (χ4v) is 6.33. The van der Waals surface area contributed by atoms with Crippen LogP contribution in [0.4, 0.5) is 29.3 Å². The molecule has 0 saturated carbocycles. The Morgan fingerprint density at radius 2 is 1.66 bits per heavy atom. The molecule has 0 spiro atoms. The van der Waals surface area contributed by atoms with Crippen molar-refractivity contribution < 1.29 is 35.9 Å². The zero-order valence-corrected chi connectivity index (χ0v) is 29.4. The molecular weight excluding hydrogens is 703 g/mol. The number of fused-ring (bicyclic) bond motifs is 1. The molecule has 2 amide bonds. The molecule has 13 nitrogen and oxygen atoms in total. The second-order valence-corrected chi connectivity index (χ2v) is 15.1. The average Bonchev–Trinajstić information content (AvgIpc) is 3.48. The number of alkyl halides is 3. The molecule has 1 saturated heterocycles. The van der Waals surface area contributed by atoms with Crippen molar-refractivity contribution in [2.75, 3.05) is 42.7 Å². The van der Waals surface area contributed by atoms with Crippen molar-refractivity contribution in [3.05, 3.63) is 69.1 Å². The smallest absolute Gasteiger partial charge is 0.416 e. The first-order chi connectivity index (χ1) is 23.3. The Morgan fingerprint density at radius 1 is 1.02 bits per heavy atom. The molecule has 18 heteroatoms. The van der Waals surface area contributed by atoms with Crippen LogP contribution in [0.25, 0.3) is 17.2 Å². The largest absolute Gasteiger partial charge is 0.444 e. The van der Waals surface area contributed by atoms with Gasteiger partial charge in [0.1, 0.15) is 17.8 Å². The average molecular weight is 738 g/mol. The Morgan fingerprint density at radius 3 is 2.20 bits per heavy atom. The van der Waals surface area contributed by atoms with Crippen LogP contribution >= 0.6 is 11.6 Å². The van der Waals surface area contributed by atoms with E-state index in [1.165, 1.54) is 28.8 Å². The summed E-state index contributed by atoms with van der Waals surface area (Å²) in [6, 6.07) is 8.32. The van der Waals surface area contributed by atoms with Crippen LogP contribution in [0.1, 0.15) is 39.0 Å². The van der Waals surface area contributed by atoms with Gasteiger partial charge in [0.2, 0.25) is 11.7 Å². The number of aromatic nitrogens is 4. The highest BCUT2D eigenvalue weighted by Crippen LogP contribution is 2.34. The normalized spacial score (nSPS) is 14.3. The summed E-state index contributed by atoms with van der Waals surface area (Å²) in [6.07, 6.45) is -3.79.